The molecule has 3 heteroatoms. The summed E-state index contributed by atoms with van der Waals surface area (Å²) >= 11 is 0. The second-order valence-electron chi connectivity index (χ2n) is 15.0. The Hall–Kier alpha value is -7.62. The molecular weight excluding hydrogens is 691 g/mol. The number of anilines is 3. The molecule has 0 radical (unpaired) electrons. The van der Waals surface area contributed by atoms with Crippen LogP contribution in [0.2, 0.25) is 0 Å². The van der Waals surface area contributed by atoms with Crippen LogP contribution in [0, 0.1) is 0 Å². The van der Waals surface area contributed by atoms with Gasteiger partial charge in [0.25, 0.3) is 0 Å². The summed E-state index contributed by atoms with van der Waals surface area (Å²) in [6, 6.07) is 77.6. The van der Waals surface area contributed by atoms with E-state index in [0.29, 0.717) is 0 Å². The van der Waals surface area contributed by atoms with Crippen molar-refractivity contribution < 1.29 is 0 Å². The molecule has 57 heavy (non-hydrogen) atoms. The first-order chi connectivity index (χ1) is 28.3. The van der Waals surface area contributed by atoms with Crippen LogP contribution < -0.4 is 4.90 Å². The standard InChI is InChI=1S/C54H35N3/c1-4-14-39-33-44(24-21-36(39)11-1)55(45-25-22-37-12-2-5-15-40(37)34-45)42-27-29-43(30-28-42)57-50-19-9-7-17-47(50)48-31-32-52-53(54(48)57)49-18-8-10-20-51(49)56(52)46-26-23-38-13-3-6-16-41(38)35-46/h1-35H. The topological polar surface area (TPSA) is 13.1 Å². The zero-order valence-corrected chi connectivity index (χ0v) is 31.0. The van der Waals surface area contributed by atoms with Crippen molar-refractivity contribution in [2.45, 2.75) is 0 Å². The smallest absolute Gasteiger partial charge is 0.0641 e. The van der Waals surface area contributed by atoms with Crippen LogP contribution in [0.1, 0.15) is 0 Å². The predicted molar refractivity (Wildman–Crippen MR) is 242 cm³/mol. The lowest BCUT2D eigenvalue weighted by atomic mass is 10.1. The molecule has 0 spiro atoms. The minimum Gasteiger partial charge on any atom is -0.310 e. The van der Waals surface area contributed by atoms with E-state index >= 15 is 0 Å². The van der Waals surface area contributed by atoms with Gasteiger partial charge < -0.3 is 14.0 Å². The Kier molecular flexibility index (Phi) is 6.93. The van der Waals surface area contributed by atoms with Crippen molar-refractivity contribution in [3.8, 4) is 11.4 Å². The maximum absolute atomic E-state index is 2.48. The fourth-order valence-electron chi connectivity index (χ4n) is 9.20. The molecule has 0 bridgehead atoms. The van der Waals surface area contributed by atoms with Gasteiger partial charge in [-0.15, -0.1) is 0 Å². The van der Waals surface area contributed by atoms with E-state index in [4.69, 9.17) is 0 Å². The van der Waals surface area contributed by atoms with Gasteiger partial charge in [-0.1, -0.05) is 133 Å². The third-order valence-electron chi connectivity index (χ3n) is 11.8. The zero-order valence-electron chi connectivity index (χ0n) is 31.0. The van der Waals surface area contributed by atoms with Crippen LogP contribution >= 0.6 is 0 Å². The molecule has 266 valence electrons. The fourth-order valence-corrected chi connectivity index (χ4v) is 9.20. The minimum absolute atomic E-state index is 1.10. The van der Waals surface area contributed by atoms with Crippen LogP contribution in [-0.4, -0.2) is 9.13 Å². The molecule has 0 atom stereocenters. The molecule has 2 aromatic heterocycles. The number of nitrogens with zero attached hydrogens (tertiary/aromatic N) is 3. The fraction of sp³-hybridized carbons (Fsp3) is 0. The summed E-state index contributed by atoms with van der Waals surface area (Å²) in [5, 5.41) is 12.4. The predicted octanol–water partition coefficient (Wildman–Crippen LogP) is 14.8. The van der Waals surface area contributed by atoms with Crippen LogP contribution in [0.5, 0.6) is 0 Å². The molecule has 12 aromatic rings. The lowest BCUT2D eigenvalue weighted by molar-refractivity contribution is 1.17. The van der Waals surface area contributed by atoms with E-state index in [1.165, 1.54) is 75.9 Å². The van der Waals surface area contributed by atoms with E-state index in [1.54, 1.807) is 0 Å². The first kappa shape index (κ1) is 31.7. The number of fused-ring (bicyclic) bond motifs is 10. The van der Waals surface area contributed by atoms with Crippen LogP contribution in [0.15, 0.2) is 212 Å². The summed E-state index contributed by atoms with van der Waals surface area (Å²) in [5.74, 6) is 0. The van der Waals surface area contributed by atoms with Gasteiger partial charge in [0.15, 0.2) is 0 Å². The van der Waals surface area contributed by atoms with Crippen molar-refractivity contribution >= 4 is 93.0 Å². The average Bonchev–Trinajstić information content (AvgIpc) is 3.79. The van der Waals surface area contributed by atoms with Crippen LogP contribution in [-0.2, 0) is 0 Å². The lowest BCUT2D eigenvalue weighted by Crippen LogP contribution is -2.10. The number of aromatic nitrogens is 2. The largest absolute Gasteiger partial charge is 0.310 e. The quantitative estimate of drug-likeness (QED) is 0.172. The van der Waals surface area contributed by atoms with E-state index in [2.05, 4.69) is 226 Å². The molecule has 0 saturated carbocycles. The second kappa shape index (κ2) is 12.5. The zero-order chi connectivity index (χ0) is 37.5. The Labute approximate surface area is 329 Å². The molecule has 0 amide bonds. The highest BCUT2D eigenvalue weighted by molar-refractivity contribution is 6.26. The number of benzene rings is 10. The summed E-state index contributed by atoms with van der Waals surface area (Å²) in [5.41, 5.74) is 10.4. The average molecular weight is 726 g/mol. The van der Waals surface area contributed by atoms with Crippen LogP contribution in [0.25, 0.3) is 87.3 Å². The van der Waals surface area contributed by atoms with Gasteiger partial charge in [-0.25, -0.2) is 0 Å². The monoisotopic (exact) mass is 725 g/mol. The Morgan fingerprint density at radius 3 is 1.39 bits per heavy atom. The summed E-state index contributed by atoms with van der Waals surface area (Å²) < 4.78 is 4.91. The minimum atomic E-state index is 1.10. The highest BCUT2D eigenvalue weighted by Crippen LogP contribution is 2.43. The van der Waals surface area contributed by atoms with Gasteiger partial charge in [-0.3, -0.25) is 0 Å². The van der Waals surface area contributed by atoms with Gasteiger partial charge in [0.1, 0.15) is 0 Å². The lowest BCUT2D eigenvalue weighted by Gasteiger charge is -2.26. The molecule has 3 nitrogen and oxygen atoms in total. The van der Waals surface area contributed by atoms with Gasteiger partial charge in [0, 0.05) is 50.0 Å². The van der Waals surface area contributed by atoms with Crippen molar-refractivity contribution in [3.05, 3.63) is 212 Å². The second-order valence-corrected chi connectivity index (χ2v) is 15.0. The van der Waals surface area contributed by atoms with Crippen LogP contribution in [0.4, 0.5) is 17.1 Å². The van der Waals surface area contributed by atoms with Gasteiger partial charge in [-0.2, -0.15) is 0 Å². The van der Waals surface area contributed by atoms with Crippen LogP contribution in [0.3, 0.4) is 0 Å². The third kappa shape index (κ3) is 4.92. The third-order valence-corrected chi connectivity index (χ3v) is 11.8. The normalized spacial score (nSPS) is 11.9. The van der Waals surface area contributed by atoms with Crippen molar-refractivity contribution in [2.24, 2.45) is 0 Å². The van der Waals surface area contributed by atoms with E-state index in [0.717, 1.165) is 28.4 Å². The summed E-state index contributed by atoms with van der Waals surface area (Å²) in [4.78, 5) is 2.38. The van der Waals surface area contributed by atoms with E-state index in [-0.39, 0.29) is 0 Å². The van der Waals surface area contributed by atoms with Gasteiger partial charge in [-0.05, 0) is 111 Å². The number of hydrogen-bond donors (Lipinski definition) is 0. The van der Waals surface area contributed by atoms with E-state index in [1.807, 2.05) is 0 Å². The summed E-state index contributed by atoms with van der Waals surface area (Å²) in [6.07, 6.45) is 0. The SMILES string of the molecule is c1ccc2cc(N(c3ccc(-n4c5ccccc5c5ccc6c(c7ccccc7n6-c6ccc7ccccc7c6)c54)cc3)c3ccc4ccccc4c3)ccc2c1. The molecule has 0 saturated heterocycles. The number of rotatable bonds is 5. The molecule has 12 rings (SSSR count). The first-order valence-electron chi connectivity index (χ1n) is 19.6. The Morgan fingerprint density at radius 2 is 0.754 bits per heavy atom. The molecule has 0 unspecified atom stereocenters. The molecule has 10 aromatic carbocycles. The number of para-hydroxylation sites is 2. The number of hydrogen-bond acceptors (Lipinski definition) is 1. The van der Waals surface area contributed by atoms with Gasteiger partial charge in [0.05, 0.1) is 22.1 Å². The van der Waals surface area contributed by atoms with Gasteiger partial charge in [0.2, 0.25) is 0 Å². The summed E-state index contributed by atoms with van der Waals surface area (Å²) in [7, 11) is 0. The van der Waals surface area contributed by atoms with E-state index < -0.39 is 0 Å². The molecule has 0 aliphatic heterocycles. The Balaban J connectivity index is 1.08. The van der Waals surface area contributed by atoms with Crippen molar-refractivity contribution in [1.29, 1.82) is 0 Å². The molecular formula is C54H35N3. The van der Waals surface area contributed by atoms with Gasteiger partial charge >= 0.3 is 0 Å². The molecule has 0 aliphatic rings. The molecule has 0 aliphatic carbocycles. The highest BCUT2D eigenvalue weighted by Gasteiger charge is 2.21. The Bertz CT molecular complexity index is 3450. The van der Waals surface area contributed by atoms with E-state index in [9.17, 15) is 0 Å². The first-order valence-corrected chi connectivity index (χ1v) is 19.6. The van der Waals surface area contributed by atoms with Crippen molar-refractivity contribution in [3.63, 3.8) is 0 Å². The Morgan fingerprint density at radius 1 is 0.281 bits per heavy atom. The van der Waals surface area contributed by atoms with Crippen molar-refractivity contribution in [2.75, 3.05) is 4.90 Å². The highest BCUT2D eigenvalue weighted by atomic mass is 15.1. The maximum atomic E-state index is 2.48. The maximum Gasteiger partial charge on any atom is 0.0641 e. The summed E-state index contributed by atoms with van der Waals surface area (Å²) in [6.45, 7) is 0. The molecule has 0 fully saturated rings. The molecule has 0 N–H and O–H groups in total. The van der Waals surface area contributed by atoms with Crippen molar-refractivity contribution in [1.82, 2.24) is 9.13 Å². The molecule has 2 heterocycles.